The molecule has 2 atom stereocenters. The number of likely N-dealkylation sites (tertiary alicyclic amines) is 1. The molecule has 128 valence electrons. The molecule has 1 aromatic heterocycles. The second kappa shape index (κ2) is 7.11. The van der Waals surface area contributed by atoms with E-state index in [1.807, 2.05) is 0 Å². The van der Waals surface area contributed by atoms with Gasteiger partial charge >= 0.3 is 0 Å². The highest BCUT2D eigenvalue weighted by atomic mass is 19.1. The number of hydrogen-bond donors (Lipinski definition) is 3. The number of aliphatic hydroxyl groups is 1. The molecule has 1 aliphatic heterocycles. The van der Waals surface area contributed by atoms with Crippen molar-refractivity contribution in [3.05, 3.63) is 53.1 Å². The summed E-state index contributed by atoms with van der Waals surface area (Å²) >= 11 is 0. The van der Waals surface area contributed by atoms with Gasteiger partial charge in [-0.3, -0.25) is 14.8 Å². The topological polar surface area (TPSA) is 95.2 Å². The number of carbonyl (C=O) groups excluding carboxylic acids is 1. The number of primary amides is 1. The van der Waals surface area contributed by atoms with Crippen molar-refractivity contribution in [1.82, 2.24) is 15.1 Å². The minimum absolute atomic E-state index is 0.207. The molecule has 1 amide bonds. The first-order valence-corrected chi connectivity index (χ1v) is 8.04. The fourth-order valence-electron chi connectivity index (χ4n) is 3.21. The van der Waals surface area contributed by atoms with E-state index in [9.17, 15) is 14.3 Å². The van der Waals surface area contributed by atoms with E-state index >= 15 is 0 Å². The Morgan fingerprint density at radius 3 is 3.04 bits per heavy atom. The number of rotatable bonds is 5. The first-order valence-electron chi connectivity index (χ1n) is 8.04. The quantitative estimate of drug-likeness (QED) is 0.774. The molecule has 0 radical (unpaired) electrons. The van der Waals surface area contributed by atoms with E-state index in [2.05, 4.69) is 15.1 Å². The van der Waals surface area contributed by atoms with Crippen LogP contribution >= 0.6 is 0 Å². The SMILES string of the molecule is NC(=O)c1cc([C@@H]2CCCN(C[C@@H](O)c3cccc(F)c3)C2)[nH]n1. The van der Waals surface area contributed by atoms with Crippen molar-refractivity contribution < 1.29 is 14.3 Å². The maximum atomic E-state index is 13.3. The monoisotopic (exact) mass is 332 g/mol. The summed E-state index contributed by atoms with van der Waals surface area (Å²) in [6, 6.07) is 7.74. The molecule has 4 N–H and O–H groups in total. The van der Waals surface area contributed by atoms with Gasteiger partial charge in [0.05, 0.1) is 6.10 Å². The Morgan fingerprint density at radius 2 is 2.33 bits per heavy atom. The van der Waals surface area contributed by atoms with Gasteiger partial charge in [-0.2, -0.15) is 5.10 Å². The van der Waals surface area contributed by atoms with Crippen LogP contribution in [0.5, 0.6) is 0 Å². The molecule has 0 saturated carbocycles. The van der Waals surface area contributed by atoms with Crippen molar-refractivity contribution >= 4 is 5.91 Å². The number of benzene rings is 1. The molecule has 1 aliphatic rings. The maximum Gasteiger partial charge on any atom is 0.269 e. The number of piperidine rings is 1. The molecule has 0 bridgehead atoms. The van der Waals surface area contributed by atoms with Crippen LogP contribution in [0.15, 0.2) is 30.3 Å². The summed E-state index contributed by atoms with van der Waals surface area (Å²) in [5, 5.41) is 17.1. The number of nitrogens with zero attached hydrogens (tertiary/aromatic N) is 2. The number of carbonyl (C=O) groups is 1. The van der Waals surface area contributed by atoms with E-state index in [4.69, 9.17) is 5.73 Å². The van der Waals surface area contributed by atoms with E-state index in [0.717, 1.165) is 31.6 Å². The fraction of sp³-hybridized carbons (Fsp3) is 0.412. The Kier molecular flexibility index (Phi) is 4.92. The van der Waals surface area contributed by atoms with Crippen LogP contribution in [0.1, 0.15) is 46.6 Å². The molecule has 1 saturated heterocycles. The third kappa shape index (κ3) is 3.80. The predicted molar refractivity (Wildman–Crippen MR) is 86.9 cm³/mol. The zero-order chi connectivity index (χ0) is 17.1. The van der Waals surface area contributed by atoms with Crippen molar-refractivity contribution in [3.8, 4) is 0 Å². The molecular weight excluding hydrogens is 311 g/mol. The molecule has 24 heavy (non-hydrogen) atoms. The van der Waals surface area contributed by atoms with Gasteiger partial charge in [-0.15, -0.1) is 0 Å². The minimum atomic E-state index is -0.734. The Labute approximate surface area is 139 Å². The van der Waals surface area contributed by atoms with Gasteiger partial charge in [-0.25, -0.2) is 4.39 Å². The highest BCUT2D eigenvalue weighted by Gasteiger charge is 2.25. The molecule has 3 rings (SSSR count). The number of aromatic nitrogens is 2. The number of amides is 1. The first kappa shape index (κ1) is 16.6. The average molecular weight is 332 g/mol. The Bertz CT molecular complexity index is 718. The molecule has 6 nitrogen and oxygen atoms in total. The number of nitrogens with two attached hydrogens (primary N) is 1. The number of nitrogens with one attached hydrogen (secondary N) is 1. The second-order valence-electron chi connectivity index (χ2n) is 6.24. The molecule has 0 aliphatic carbocycles. The smallest absolute Gasteiger partial charge is 0.269 e. The molecular formula is C17H21FN4O2. The van der Waals surface area contributed by atoms with Crippen molar-refractivity contribution in [2.24, 2.45) is 5.73 Å². The van der Waals surface area contributed by atoms with Crippen molar-refractivity contribution in [2.75, 3.05) is 19.6 Å². The zero-order valence-electron chi connectivity index (χ0n) is 13.3. The lowest BCUT2D eigenvalue weighted by atomic mass is 9.94. The normalized spacial score (nSPS) is 20.0. The summed E-state index contributed by atoms with van der Waals surface area (Å²) in [7, 11) is 0. The van der Waals surface area contributed by atoms with Crippen LogP contribution in [0.4, 0.5) is 4.39 Å². The van der Waals surface area contributed by atoms with Gasteiger partial charge in [0, 0.05) is 24.7 Å². The lowest BCUT2D eigenvalue weighted by Crippen LogP contribution is -2.37. The largest absolute Gasteiger partial charge is 0.387 e. The number of hydrogen-bond acceptors (Lipinski definition) is 4. The van der Waals surface area contributed by atoms with Crippen LogP contribution in [0.3, 0.4) is 0 Å². The number of aliphatic hydroxyl groups excluding tert-OH is 1. The van der Waals surface area contributed by atoms with Gasteiger partial charge in [0.15, 0.2) is 0 Å². The van der Waals surface area contributed by atoms with E-state index in [0.29, 0.717) is 12.1 Å². The summed E-state index contributed by atoms with van der Waals surface area (Å²) in [5.41, 5.74) is 6.93. The first-order chi connectivity index (χ1) is 11.5. The third-order valence-electron chi connectivity index (χ3n) is 4.46. The summed E-state index contributed by atoms with van der Waals surface area (Å²) in [4.78, 5) is 13.3. The number of halogens is 1. The standard InChI is InChI=1S/C17H21FN4O2/c18-13-5-1-3-11(7-13)16(23)10-22-6-2-4-12(9-22)14-8-15(17(19)24)21-20-14/h1,3,5,7-8,12,16,23H,2,4,6,9-10H2,(H2,19,24)(H,20,21)/t12-,16-/m1/s1. The van der Waals surface area contributed by atoms with Gasteiger partial charge in [0.1, 0.15) is 11.5 Å². The highest BCUT2D eigenvalue weighted by Crippen LogP contribution is 2.27. The van der Waals surface area contributed by atoms with E-state index in [-0.39, 0.29) is 17.4 Å². The number of aromatic amines is 1. The fourth-order valence-corrected chi connectivity index (χ4v) is 3.21. The molecule has 2 heterocycles. The van der Waals surface area contributed by atoms with Gasteiger partial charge < -0.3 is 10.8 Å². The zero-order valence-corrected chi connectivity index (χ0v) is 13.3. The summed E-state index contributed by atoms with van der Waals surface area (Å²) in [6.07, 6.45) is 1.22. The average Bonchev–Trinajstić information content (AvgIpc) is 3.05. The van der Waals surface area contributed by atoms with Gasteiger partial charge in [-0.1, -0.05) is 12.1 Å². The number of H-pyrrole nitrogens is 1. The van der Waals surface area contributed by atoms with Crippen LogP contribution in [0.25, 0.3) is 0 Å². The lowest BCUT2D eigenvalue weighted by Gasteiger charge is -2.33. The van der Waals surface area contributed by atoms with Crippen molar-refractivity contribution in [1.29, 1.82) is 0 Å². The Morgan fingerprint density at radius 1 is 1.50 bits per heavy atom. The number of β-amino-alcohol motifs (C(OH)–C–C–N with tert-alkyl or cyclic N) is 1. The van der Waals surface area contributed by atoms with Gasteiger partial charge in [-0.05, 0) is 43.1 Å². The molecule has 0 spiro atoms. The van der Waals surface area contributed by atoms with Crippen LogP contribution in [-0.4, -0.2) is 45.7 Å². The van der Waals surface area contributed by atoms with Crippen LogP contribution < -0.4 is 5.73 Å². The minimum Gasteiger partial charge on any atom is -0.387 e. The summed E-state index contributed by atoms with van der Waals surface area (Å²) < 4.78 is 13.3. The second-order valence-corrected chi connectivity index (χ2v) is 6.24. The summed E-state index contributed by atoms with van der Waals surface area (Å²) in [5.74, 6) is -0.690. The van der Waals surface area contributed by atoms with Crippen molar-refractivity contribution in [3.63, 3.8) is 0 Å². The predicted octanol–water partition coefficient (Wildman–Crippen LogP) is 1.56. The van der Waals surface area contributed by atoms with Crippen LogP contribution in [0.2, 0.25) is 0 Å². The van der Waals surface area contributed by atoms with Gasteiger partial charge in [0.2, 0.25) is 0 Å². The molecule has 1 fully saturated rings. The highest BCUT2D eigenvalue weighted by molar-refractivity contribution is 5.90. The van der Waals surface area contributed by atoms with Gasteiger partial charge in [0.25, 0.3) is 5.91 Å². The molecule has 0 unspecified atom stereocenters. The Balaban J connectivity index is 1.63. The van der Waals surface area contributed by atoms with E-state index in [1.165, 1.54) is 12.1 Å². The van der Waals surface area contributed by atoms with Crippen LogP contribution in [-0.2, 0) is 0 Å². The molecule has 1 aromatic carbocycles. The van der Waals surface area contributed by atoms with Crippen molar-refractivity contribution in [2.45, 2.75) is 24.9 Å². The summed E-state index contributed by atoms with van der Waals surface area (Å²) in [6.45, 7) is 2.06. The van der Waals surface area contributed by atoms with Crippen LogP contribution in [0, 0.1) is 5.82 Å². The third-order valence-corrected chi connectivity index (χ3v) is 4.46. The van der Waals surface area contributed by atoms with E-state index in [1.54, 1.807) is 18.2 Å². The Hall–Kier alpha value is -2.25. The van der Waals surface area contributed by atoms with E-state index < -0.39 is 12.0 Å². The maximum absolute atomic E-state index is 13.3. The molecule has 2 aromatic rings. The molecule has 7 heteroatoms. The lowest BCUT2D eigenvalue weighted by molar-refractivity contribution is 0.0948.